The molecule has 1 amide bonds. The number of carbonyl (C=O) groups is 1. The number of rotatable bonds is 7. The summed E-state index contributed by atoms with van der Waals surface area (Å²) in [5.74, 6) is 0.0230. The first-order valence-electron chi connectivity index (χ1n) is 5.88. The lowest BCUT2D eigenvalue weighted by Crippen LogP contribution is -2.42. The van der Waals surface area contributed by atoms with E-state index in [9.17, 15) is 4.79 Å². The first-order chi connectivity index (χ1) is 7.15. The summed E-state index contributed by atoms with van der Waals surface area (Å²) in [5.41, 5.74) is 3.68. The third-order valence-corrected chi connectivity index (χ3v) is 2.39. The van der Waals surface area contributed by atoms with Crippen LogP contribution in [0, 0.1) is 0 Å². The predicted octanol–water partition coefficient (Wildman–Crippen LogP) is 2.50. The molecule has 0 heterocycles. The molecule has 0 aliphatic heterocycles. The highest BCUT2D eigenvalue weighted by Crippen LogP contribution is 2.01. The summed E-state index contributed by atoms with van der Waals surface area (Å²) in [4.78, 5) is 11.6. The second-order valence-corrected chi connectivity index (χ2v) is 3.64. The van der Waals surface area contributed by atoms with Crippen molar-refractivity contribution < 1.29 is 4.79 Å². The average molecular weight is 212 g/mol. The Kier molecular flexibility index (Phi) is 8.01. The number of hydrogen-bond donors (Lipinski definition) is 1. The minimum Gasteiger partial charge on any atom is -0.285 e. The molecule has 0 rings (SSSR count). The van der Waals surface area contributed by atoms with Gasteiger partial charge in [0.15, 0.2) is 0 Å². The van der Waals surface area contributed by atoms with Crippen LogP contribution in [0.4, 0.5) is 0 Å². The standard InChI is InChI=1S/C12H24N2O/c1-5-8-9-10-11(4)12(15)13-14(6-2)7-3/h10H,5-9H2,1-4H3,(H,13,15). The van der Waals surface area contributed by atoms with Crippen molar-refractivity contribution in [3.8, 4) is 0 Å². The van der Waals surface area contributed by atoms with E-state index in [0.717, 1.165) is 31.5 Å². The second kappa shape index (κ2) is 8.48. The lowest BCUT2D eigenvalue weighted by molar-refractivity contribution is -0.122. The summed E-state index contributed by atoms with van der Waals surface area (Å²) in [6, 6.07) is 0. The summed E-state index contributed by atoms with van der Waals surface area (Å²) in [6.07, 6.45) is 5.33. The highest BCUT2D eigenvalue weighted by Gasteiger charge is 2.06. The Morgan fingerprint density at radius 2 is 1.87 bits per heavy atom. The van der Waals surface area contributed by atoms with Crippen LogP contribution in [0.1, 0.15) is 47.0 Å². The van der Waals surface area contributed by atoms with Gasteiger partial charge in [0.25, 0.3) is 5.91 Å². The van der Waals surface area contributed by atoms with E-state index in [1.54, 1.807) is 0 Å². The molecular formula is C12H24N2O. The number of unbranched alkanes of at least 4 members (excludes halogenated alkanes) is 2. The largest absolute Gasteiger partial charge is 0.285 e. The molecule has 15 heavy (non-hydrogen) atoms. The summed E-state index contributed by atoms with van der Waals surface area (Å²) >= 11 is 0. The first kappa shape index (κ1) is 14.2. The van der Waals surface area contributed by atoms with Crippen LogP contribution in [0.3, 0.4) is 0 Å². The molecule has 0 saturated heterocycles. The molecule has 0 unspecified atom stereocenters. The Labute approximate surface area is 93.5 Å². The van der Waals surface area contributed by atoms with Crippen molar-refractivity contribution in [2.24, 2.45) is 0 Å². The number of hydrazine groups is 1. The van der Waals surface area contributed by atoms with Gasteiger partial charge in [-0.2, -0.15) is 0 Å². The fourth-order valence-electron chi connectivity index (χ4n) is 1.23. The fourth-order valence-corrected chi connectivity index (χ4v) is 1.23. The van der Waals surface area contributed by atoms with E-state index in [1.165, 1.54) is 6.42 Å². The molecule has 0 bridgehead atoms. The molecule has 0 saturated carbocycles. The van der Waals surface area contributed by atoms with Gasteiger partial charge in [0.05, 0.1) is 0 Å². The van der Waals surface area contributed by atoms with E-state index in [1.807, 2.05) is 31.9 Å². The van der Waals surface area contributed by atoms with Crippen molar-refractivity contribution in [1.82, 2.24) is 10.4 Å². The Morgan fingerprint density at radius 3 is 2.33 bits per heavy atom. The lowest BCUT2D eigenvalue weighted by Gasteiger charge is -2.19. The number of nitrogens with zero attached hydrogens (tertiary/aromatic N) is 1. The molecule has 0 aliphatic carbocycles. The quantitative estimate of drug-likeness (QED) is 0.399. The molecule has 3 heteroatoms. The Balaban J connectivity index is 4.02. The number of hydrogen-bond acceptors (Lipinski definition) is 2. The number of amides is 1. The monoisotopic (exact) mass is 212 g/mol. The molecule has 0 atom stereocenters. The maximum Gasteiger partial charge on any atom is 0.260 e. The fraction of sp³-hybridized carbons (Fsp3) is 0.750. The maximum absolute atomic E-state index is 11.6. The first-order valence-corrected chi connectivity index (χ1v) is 5.88. The normalized spacial score (nSPS) is 11.9. The van der Waals surface area contributed by atoms with Crippen molar-refractivity contribution in [1.29, 1.82) is 0 Å². The van der Waals surface area contributed by atoms with Gasteiger partial charge in [-0.25, -0.2) is 5.01 Å². The molecule has 0 aromatic carbocycles. The zero-order chi connectivity index (χ0) is 11.7. The highest BCUT2D eigenvalue weighted by molar-refractivity contribution is 5.92. The van der Waals surface area contributed by atoms with E-state index in [2.05, 4.69) is 12.3 Å². The zero-order valence-corrected chi connectivity index (χ0v) is 10.5. The lowest BCUT2D eigenvalue weighted by atomic mass is 10.2. The van der Waals surface area contributed by atoms with Gasteiger partial charge in [-0.05, 0) is 13.3 Å². The van der Waals surface area contributed by atoms with Gasteiger partial charge in [0, 0.05) is 18.7 Å². The van der Waals surface area contributed by atoms with Crippen molar-refractivity contribution in [3.63, 3.8) is 0 Å². The van der Waals surface area contributed by atoms with E-state index in [0.29, 0.717) is 0 Å². The Bertz CT molecular complexity index is 208. The van der Waals surface area contributed by atoms with Crippen LogP contribution in [-0.2, 0) is 4.79 Å². The molecular weight excluding hydrogens is 188 g/mol. The van der Waals surface area contributed by atoms with Crippen LogP contribution in [0.2, 0.25) is 0 Å². The van der Waals surface area contributed by atoms with Gasteiger partial charge in [0.2, 0.25) is 0 Å². The molecule has 0 radical (unpaired) electrons. The van der Waals surface area contributed by atoms with Crippen LogP contribution in [0.15, 0.2) is 11.6 Å². The Morgan fingerprint density at radius 1 is 1.27 bits per heavy atom. The van der Waals surface area contributed by atoms with E-state index < -0.39 is 0 Å². The molecule has 0 fully saturated rings. The van der Waals surface area contributed by atoms with Crippen LogP contribution in [-0.4, -0.2) is 24.0 Å². The predicted molar refractivity (Wildman–Crippen MR) is 64.3 cm³/mol. The molecule has 88 valence electrons. The van der Waals surface area contributed by atoms with Gasteiger partial charge in [-0.15, -0.1) is 0 Å². The minimum absolute atomic E-state index is 0.0230. The van der Waals surface area contributed by atoms with Crippen molar-refractivity contribution in [3.05, 3.63) is 11.6 Å². The summed E-state index contributed by atoms with van der Waals surface area (Å²) in [7, 11) is 0. The minimum atomic E-state index is 0.0230. The van der Waals surface area contributed by atoms with Crippen LogP contribution < -0.4 is 5.43 Å². The highest BCUT2D eigenvalue weighted by atomic mass is 16.2. The third kappa shape index (κ3) is 6.28. The van der Waals surface area contributed by atoms with Crippen molar-refractivity contribution >= 4 is 5.91 Å². The van der Waals surface area contributed by atoms with Gasteiger partial charge in [-0.1, -0.05) is 39.7 Å². The zero-order valence-electron chi connectivity index (χ0n) is 10.5. The number of carbonyl (C=O) groups excluding carboxylic acids is 1. The topological polar surface area (TPSA) is 32.3 Å². The van der Waals surface area contributed by atoms with E-state index in [4.69, 9.17) is 0 Å². The average Bonchev–Trinajstić information content (AvgIpc) is 2.25. The van der Waals surface area contributed by atoms with Gasteiger partial charge in [0.1, 0.15) is 0 Å². The van der Waals surface area contributed by atoms with Gasteiger partial charge < -0.3 is 0 Å². The van der Waals surface area contributed by atoms with E-state index in [-0.39, 0.29) is 5.91 Å². The number of allylic oxidation sites excluding steroid dienone is 1. The van der Waals surface area contributed by atoms with Crippen molar-refractivity contribution in [2.75, 3.05) is 13.1 Å². The van der Waals surface area contributed by atoms with Crippen LogP contribution in [0.5, 0.6) is 0 Å². The summed E-state index contributed by atoms with van der Waals surface area (Å²) in [6.45, 7) is 9.75. The molecule has 3 nitrogen and oxygen atoms in total. The summed E-state index contributed by atoms with van der Waals surface area (Å²) < 4.78 is 0. The van der Waals surface area contributed by atoms with Crippen molar-refractivity contribution in [2.45, 2.75) is 47.0 Å². The summed E-state index contributed by atoms with van der Waals surface area (Å²) in [5, 5.41) is 1.90. The van der Waals surface area contributed by atoms with Gasteiger partial charge in [-0.3, -0.25) is 10.2 Å². The second-order valence-electron chi connectivity index (χ2n) is 3.64. The SMILES string of the molecule is CCCCC=C(C)C(=O)NN(CC)CC. The van der Waals surface area contributed by atoms with Gasteiger partial charge >= 0.3 is 0 Å². The molecule has 0 aliphatic rings. The molecule has 0 aromatic rings. The van der Waals surface area contributed by atoms with Crippen LogP contribution >= 0.6 is 0 Å². The molecule has 0 spiro atoms. The molecule has 1 N–H and O–H groups in total. The molecule has 0 aromatic heterocycles. The van der Waals surface area contributed by atoms with E-state index >= 15 is 0 Å². The Hall–Kier alpha value is -0.830. The third-order valence-electron chi connectivity index (χ3n) is 2.39. The number of nitrogens with one attached hydrogen (secondary N) is 1. The maximum atomic E-state index is 11.6. The van der Waals surface area contributed by atoms with Crippen LogP contribution in [0.25, 0.3) is 0 Å². The smallest absolute Gasteiger partial charge is 0.260 e.